The number of anilines is 2. The summed E-state index contributed by atoms with van der Waals surface area (Å²) in [7, 11) is 0. The number of nitrogens with zero attached hydrogens (tertiary/aromatic N) is 3. The van der Waals surface area contributed by atoms with Crippen LogP contribution >= 0.6 is 11.3 Å². The van der Waals surface area contributed by atoms with E-state index in [2.05, 4.69) is 25.6 Å². The summed E-state index contributed by atoms with van der Waals surface area (Å²) >= 11 is 1.66. The number of hydrogen-bond acceptors (Lipinski definition) is 6. The van der Waals surface area contributed by atoms with Gasteiger partial charge in [0, 0.05) is 25.5 Å². The number of pyridine rings is 1. The van der Waals surface area contributed by atoms with E-state index in [0.29, 0.717) is 0 Å². The fourth-order valence-electron chi connectivity index (χ4n) is 1.95. The lowest BCUT2D eigenvalue weighted by Gasteiger charge is -2.09. The standard InChI is InChI=1S/C14H15N5S/c1-10-18-12-4-8-20-13(12)14(19-10)17-7-6-16-11-3-2-5-15-9-11/h2-5,8-9,16H,6-7H2,1H3,(H,17,18,19). The summed E-state index contributed by atoms with van der Waals surface area (Å²) in [4.78, 5) is 12.9. The molecule has 5 nitrogen and oxygen atoms in total. The molecule has 20 heavy (non-hydrogen) atoms. The van der Waals surface area contributed by atoms with Crippen LogP contribution in [-0.2, 0) is 0 Å². The Morgan fingerprint density at radius 3 is 2.90 bits per heavy atom. The second kappa shape index (κ2) is 5.83. The molecule has 2 N–H and O–H groups in total. The van der Waals surface area contributed by atoms with Crippen LogP contribution in [0.2, 0.25) is 0 Å². The number of fused-ring (bicyclic) bond motifs is 1. The van der Waals surface area contributed by atoms with Crippen LogP contribution < -0.4 is 10.6 Å². The minimum Gasteiger partial charge on any atom is -0.382 e. The lowest BCUT2D eigenvalue weighted by Crippen LogP contribution is -2.14. The van der Waals surface area contributed by atoms with Gasteiger partial charge in [0.2, 0.25) is 0 Å². The van der Waals surface area contributed by atoms with Crippen molar-refractivity contribution in [1.82, 2.24) is 15.0 Å². The van der Waals surface area contributed by atoms with Gasteiger partial charge in [0.05, 0.1) is 15.9 Å². The van der Waals surface area contributed by atoms with Gasteiger partial charge in [-0.05, 0) is 30.5 Å². The van der Waals surface area contributed by atoms with E-state index in [1.807, 2.05) is 36.7 Å². The fraction of sp³-hybridized carbons (Fsp3) is 0.214. The molecule has 0 fully saturated rings. The third-order valence-electron chi connectivity index (χ3n) is 2.82. The molecule has 0 saturated carbocycles. The smallest absolute Gasteiger partial charge is 0.147 e. The zero-order chi connectivity index (χ0) is 13.8. The summed E-state index contributed by atoms with van der Waals surface area (Å²) in [6, 6.07) is 5.94. The van der Waals surface area contributed by atoms with E-state index < -0.39 is 0 Å². The predicted molar refractivity (Wildman–Crippen MR) is 83.4 cm³/mol. The normalized spacial score (nSPS) is 10.7. The van der Waals surface area contributed by atoms with Gasteiger partial charge in [-0.15, -0.1) is 11.3 Å². The second-order valence-electron chi connectivity index (χ2n) is 4.35. The van der Waals surface area contributed by atoms with Crippen LogP contribution in [0.25, 0.3) is 10.2 Å². The molecule has 0 aliphatic rings. The molecule has 0 unspecified atom stereocenters. The van der Waals surface area contributed by atoms with Crippen LogP contribution in [-0.4, -0.2) is 28.0 Å². The van der Waals surface area contributed by atoms with Gasteiger partial charge in [0.15, 0.2) is 0 Å². The zero-order valence-corrected chi connectivity index (χ0v) is 11.9. The maximum absolute atomic E-state index is 4.47. The SMILES string of the molecule is Cc1nc(NCCNc2cccnc2)c2sccc2n1. The molecule has 0 aliphatic carbocycles. The quantitative estimate of drug-likeness (QED) is 0.706. The molecule has 0 amide bonds. The Bertz CT molecular complexity index is 695. The maximum atomic E-state index is 4.47. The molecule has 0 atom stereocenters. The Hall–Kier alpha value is -2.21. The Balaban J connectivity index is 1.61. The fourth-order valence-corrected chi connectivity index (χ4v) is 2.75. The van der Waals surface area contributed by atoms with Crippen molar-refractivity contribution in [3.05, 3.63) is 41.8 Å². The van der Waals surface area contributed by atoms with Gasteiger partial charge in [0.25, 0.3) is 0 Å². The lowest BCUT2D eigenvalue weighted by atomic mass is 10.4. The van der Waals surface area contributed by atoms with Crippen LogP contribution in [0, 0.1) is 6.92 Å². The first-order valence-electron chi connectivity index (χ1n) is 6.42. The molecule has 102 valence electrons. The average Bonchev–Trinajstić information content (AvgIpc) is 2.92. The number of nitrogens with one attached hydrogen (secondary N) is 2. The van der Waals surface area contributed by atoms with Gasteiger partial charge in [-0.25, -0.2) is 9.97 Å². The molecule has 0 bridgehead atoms. The first-order chi connectivity index (χ1) is 9.83. The molecule has 0 aliphatic heterocycles. The highest BCUT2D eigenvalue weighted by atomic mass is 32.1. The van der Waals surface area contributed by atoms with Crippen molar-refractivity contribution >= 4 is 33.1 Å². The summed E-state index contributed by atoms with van der Waals surface area (Å²) in [5, 5.41) is 8.71. The van der Waals surface area contributed by atoms with Crippen molar-refractivity contribution < 1.29 is 0 Å². The number of thiophene rings is 1. The first kappa shape index (κ1) is 12.8. The van der Waals surface area contributed by atoms with Crippen molar-refractivity contribution in [1.29, 1.82) is 0 Å². The molecule has 0 aromatic carbocycles. The van der Waals surface area contributed by atoms with Crippen molar-refractivity contribution in [3.8, 4) is 0 Å². The van der Waals surface area contributed by atoms with Gasteiger partial charge < -0.3 is 10.6 Å². The highest BCUT2D eigenvalue weighted by molar-refractivity contribution is 7.17. The Labute approximate surface area is 121 Å². The number of rotatable bonds is 5. The van der Waals surface area contributed by atoms with Crippen LogP contribution in [0.15, 0.2) is 36.0 Å². The number of aryl methyl sites for hydroxylation is 1. The van der Waals surface area contributed by atoms with E-state index in [4.69, 9.17) is 0 Å². The Morgan fingerprint density at radius 2 is 2.05 bits per heavy atom. The summed E-state index contributed by atoms with van der Waals surface area (Å²) < 4.78 is 1.11. The summed E-state index contributed by atoms with van der Waals surface area (Å²) in [6.45, 7) is 3.51. The molecular weight excluding hydrogens is 270 g/mol. The highest BCUT2D eigenvalue weighted by Crippen LogP contribution is 2.25. The van der Waals surface area contributed by atoms with E-state index in [1.54, 1.807) is 17.5 Å². The minimum atomic E-state index is 0.790. The van der Waals surface area contributed by atoms with Gasteiger partial charge in [-0.1, -0.05) is 0 Å². The average molecular weight is 285 g/mol. The molecule has 0 radical (unpaired) electrons. The molecule has 3 aromatic rings. The Morgan fingerprint density at radius 1 is 1.15 bits per heavy atom. The number of aromatic nitrogens is 3. The van der Waals surface area contributed by atoms with Gasteiger partial charge in [0.1, 0.15) is 11.6 Å². The van der Waals surface area contributed by atoms with Gasteiger partial charge in [-0.3, -0.25) is 4.98 Å². The van der Waals surface area contributed by atoms with Gasteiger partial charge >= 0.3 is 0 Å². The molecule has 0 spiro atoms. The van der Waals surface area contributed by atoms with E-state index in [0.717, 1.165) is 40.6 Å². The summed E-state index contributed by atoms with van der Waals surface area (Å²) in [5.41, 5.74) is 2.03. The van der Waals surface area contributed by atoms with Crippen molar-refractivity contribution in [2.24, 2.45) is 0 Å². The summed E-state index contributed by atoms with van der Waals surface area (Å²) in [6.07, 6.45) is 3.58. The predicted octanol–water partition coefficient (Wildman–Crippen LogP) is 2.92. The van der Waals surface area contributed by atoms with E-state index in [9.17, 15) is 0 Å². The van der Waals surface area contributed by atoms with E-state index in [-0.39, 0.29) is 0 Å². The van der Waals surface area contributed by atoms with Crippen molar-refractivity contribution in [2.75, 3.05) is 23.7 Å². The highest BCUT2D eigenvalue weighted by Gasteiger charge is 2.06. The second-order valence-corrected chi connectivity index (χ2v) is 5.27. The third kappa shape index (κ3) is 2.85. The van der Waals surface area contributed by atoms with Crippen LogP contribution in [0.1, 0.15) is 5.82 Å². The van der Waals surface area contributed by atoms with Crippen molar-refractivity contribution in [2.45, 2.75) is 6.92 Å². The van der Waals surface area contributed by atoms with Crippen LogP contribution in [0.5, 0.6) is 0 Å². The first-order valence-corrected chi connectivity index (χ1v) is 7.30. The minimum absolute atomic E-state index is 0.790. The number of hydrogen-bond donors (Lipinski definition) is 2. The lowest BCUT2D eigenvalue weighted by molar-refractivity contribution is 1.03. The largest absolute Gasteiger partial charge is 0.382 e. The monoisotopic (exact) mass is 285 g/mol. The van der Waals surface area contributed by atoms with E-state index in [1.165, 1.54) is 0 Å². The third-order valence-corrected chi connectivity index (χ3v) is 3.73. The molecular formula is C14H15N5S. The molecule has 0 saturated heterocycles. The summed E-state index contributed by atoms with van der Waals surface area (Å²) in [5.74, 6) is 1.70. The van der Waals surface area contributed by atoms with Gasteiger partial charge in [-0.2, -0.15) is 0 Å². The van der Waals surface area contributed by atoms with Crippen molar-refractivity contribution in [3.63, 3.8) is 0 Å². The van der Waals surface area contributed by atoms with Crippen LogP contribution in [0.3, 0.4) is 0 Å². The Kier molecular flexibility index (Phi) is 3.73. The van der Waals surface area contributed by atoms with E-state index >= 15 is 0 Å². The zero-order valence-electron chi connectivity index (χ0n) is 11.1. The molecule has 3 rings (SSSR count). The molecule has 3 heterocycles. The topological polar surface area (TPSA) is 62.7 Å². The molecule has 6 heteroatoms. The molecule has 3 aromatic heterocycles. The van der Waals surface area contributed by atoms with Crippen LogP contribution in [0.4, 0.5) is 11.5 Å². The maximum Gasteiger partial charge on any atom is 0.147 e.